The highest BCUT2D eigenvalue weighted by Gasteiger charge is 2.22. The summed E-state index contributed by atoms with van der Waals surface area (Å²) in [6.45, 7) is 5.88. The minimum atomic E-state index is 0.0608. The maximum Gasteiger partial charge on any atom is 0.272 e. The molecule has 5 heteroatoms. The van der Waals surface area contributed by atoms with Crippen LogP contribution in [0.5, 0.6) is 0 Å². The Labute approximate surface area is 133 Å². The zero-order chi connectivity index (χ0) is 15.9. The summed E-state index contributed by atoms with van der Waals surface area (Å²) in [5, 5.41) is 3.34. The summed E-state index contributed by atoms with van der Waals surface area (Å²) in [6.07, 6.45) is 5.15. The molecule has 0 saturated carbocycles. The summed E-state index contributed by atoms with van der Waals surface area (Å²) in [5.74, 6) is 0.654. The minimum Gasteiger partial charge on any atom is -0.384 e. The molecule has 1 aliphatic rings. The fourth-order valence-corrected chi connectivity index (χ4v) is 2.79. The van der Waals surface area contributed by atoms with Gasteiger partial charge in [-0.3, -0.25) is 4.79 Å². The standard InChI is InChI=1S/C17H28N4O/c1-14-6-4-11-21(13-14)17(22)16-8-7-15(12-19-16)18-9-5-10-20(2)3/h7-8,12,14,18H,4-6,9-11,13H2,1-3H3. The lowest BCUT2D eigenvalue weighted by molar-refractivity contribution is 0.0677. The number of hydrogen-bond donors (Lipinski definition) is 1. The number of piperidine rings is 1. The van der Waals surface area contributed by atoms with E-state index in [1.165, 1.54) is 6.42 Å². The molecule has 0 bridgehead atoms. The number of rotatable bonds is 6. The molecule has 1 aromatic rings. The molecule has 1 unspecified atom stereocenters. The van der Waals surface area contributed by atoms with Crippen molar-refractivity contribution in [2.75, 3.05) is 45.6 Å². The number of carbonyl (C=O) groups is 1. The summed E-state index contributed by atoms with van der Waals surface area (Å²) < 4.78 is 0. The Balaban J connectivity index is 1.84. The molecule has 122 valence electrons. The second-order valence-corrected chi connectivity index (χ2v) is 6.51. The van der Waals surface area contributed by atoms with Crippen molar-refractivity contribution < 1.29 is 4.79 Å². The van der Waals surface area contributed by atoms with Crippen LogP contribution in [0.4, 0.5) is 5.69 Å². The smallest absolute Gasteiger partial charge is 0.272 e. The molecule has 1 aliphatic heterocycles. The number of carbonyl (C=O) groups excluding carboxylic acids is 1. The third-order valence-electron chi connectivity index (χ3n) is 4.04. The predicted molar refractivity (Wildman–Crippen MR) is 90.2 cm³/mol. The Morgan fingerprint density at radius 2 is 2.27 bits per heavy atom. The molecule has 1 N–H and O–H groups in total. The molecule has 1 fully saturated rings. The van der Waals surface area contributed by atoms with Crippen LogP contribution in [0, 0.1) is 5.92 Å². The van der Waals surface area contributed by atoms with Gasteiger partial charge in [-0.05, 0) is 58.0 Å². The first-order valence-corrected chi connectivity index (χ1v) is 8.20. The molecule has 0 radical (unpaired) electrons. The molecule has 1 aromatic heterocycles. The number of pyridine rings is 1. The van der Waals surface area contributed by atoms with Crippen LogP contribution < -0.4 is 5.32 Å². The molecule has 0 aliphatic carbocycles. The topological polar surface area (TPSA) is 48.5 Å². The highest BCUT2D eigenvalue weighted by Crippen LogP contribution is 2.17. The van der Waals surface area contributed by atoms with E-state index in [2.05, 4.69) is 36.2 Å². The molecular formula is C17H28N4O. The second kappa shape index (κ2) is 8.13. The number of likely N-dealkylation sites (tertiary alicyclic amines) is 1. The van der Waals surface area contributed by atoms with E-state index in [9.17, 15) is 4.79 Å². The van der Waals surface area contributed by atoms with Crippen molar-refractivity contribution in [2.45, 2.75) is 26.2 Å². The van der Waals surface area contributed by atoms with E-state index in [-0.39, 0.29) is 5.91 Å². The third kappa shape index (κ3) is 4.98. The lowest BCUT2D eigenvalue weighted by Crippen LogP contribution is -2.39. The van der Waals surface area contributed by atoms with Gasteiger partial charge in [0, 0.05) is 19.6 Å². The molecule has 5 nitrogen and oxygen atoms in total. The van der Waals surface area contributed by atoms with E-state index in [1.807, 2.05) is 17.0 Å². The normalized spacial score (nSPS) is 18.5. The maximum atomic E-state index is 12.4. The molecular weight excluding hydrogens is 276 g/mol. The highest BCUT2D eigenvalue weighted by atomic mass is 16.2. The lowest BCUT2D eigenvalue weighted by atomic mass is 10.00. The van der Waals surface area contributed by atoms with Crippen molar-refractivity contribution in [1.29, 1.82) is 0 Å². The number of nitrogens with zero attached hydrogens (tertiary/aromatic N) is 3. The molecule has 22 heavy (non-hydrogen) atoms. The average Bonchev–Trinajstić information content (AvgIpc) is 2.51. The number of hydrogen-bond acceptors (Lipinski definition) is 4. The molecule has 2 heterocycles. The fraction of sp³-hybridized carbons (Fsp3) is 0.647. The summed E-state index contributed by atoms with van der Waals surface area (Å²) in [6, 6.07) is 3.78. The lowest BCUT2D eigenvalue weighted by Gasteiger charge is -2.30. The van der Waals surface area contributed by atoms with Crippen LogP contribution in [-0.4, -0.2) is 61.0 Å². The highest BCUT2D eigenvalue weighted by molar-refractivity contribution is 5.92. The molecule has 0 aromatic carbocycles. The van der Waals surface area contributed by atoms with E-state index in [0.29, 0.717) is 11.6 Å². The second-order valence-electron chi connectivity index (χ2n) is 6.51. The Kier molecular flexibility index (Phi) is 6.19. The minimum absolute atomic E-state index is 0.0608. The van der Waals surface area contributed by atoms with Crippen LogP contribution in [0.3, 0.4) is 0 Å². The predicted octanol–water partition coefficient (Wildman–Crippen LogP) is 2.32. The van der Waals surface area contributed by atoms with Crippen molar-refractivity contribution in [3.63, 3.8) is 0 Å². The quantitative estimate of drug-likeness (QED) is 0.819. The van der Waals surface area contributed by atoms with Gasteiger partial charge in [0.2, 0.25) is 0 Å². The number of amides is 1. The van der Waals surface area contributed by atoms with Crippen molar-refractivity contribution in [1.82, 2.24) is 14.8 Å². The van der Waals surface area contributed by atoms with E-state index >= 15 is 0 Å². The summed E-state index contributed by atoms with van der Waals surface area (Å²) in [5.41, 5.74) is 1.52. The van der Waals surface area contributed by atoms with Gasteiger partial charge >= 0.3 is 0 Å². The van der Waals surface area contributed by atoms with Gasteiger partial charge in [-0.2, -0.15) is 0 Å². The van der Waals surface area contributed by atoms with Gasteiger partial charge in [-0.15, -0.1) is 0 Å². The van der Waals surface area contributed by atoms with Crippen LogP contribution in [0.25, 0.3) is 0 Å². The van der Waals surface area contributed by atoms with Crippen molar-refractivity contribution in [2.24, 2.45) is 5.92 Å². The zero-order valence-corrected chi connectivity index (χ0v) is 14.0. The van der Waals surface area contributed by atoms with Crippen molar-refractivity contribution >= 4 is 11.6 Å². The monoisotopic (exact) mass is 304 g/mol. The first kappa shape index (κ1) is 16.7. The fourth-order valence-electron chi connectivity index (χ4n) is 2.79. The number of anilines is 1. The molecule has 1 amide bonds. The summed E-state index contributed by atoms with van der Waals surface area (Å²) in [7, 11) is 4.15. The third-order valence-corrected chi connectivity index (χ3v) is 4.04. The first-order valence-electron chi connectivity index (χ1n) is 8.20. The van der Waals surface area contributed by atoms with Crippen LogP contribution in [0.2, 0.25) is 0 Å². The zero-order valence-electron chi connectivity index (χ0n) is 14.0. The van der Waals surface area contributed by atoms with Gasteiger partial charge in [-0.1, -0.05) is 6.92 Å². The average molecular weight is 304 g/mol. The Bertz CT molecular complexity index is 472. The molecule has 2 rings (SSSR count). The van der Waals surface area contributed by atoms with Gasteiger partial charge < -0.3 is 15.1 Å². The Hall–Kier alpha value is -1.62. The van der Waals surface area contributed by atoms with E-state index in [4.69, 9.17) is 0 Å². The van der Waals surface area contributed by atoms with Gasteiger partial charge in [0.1, 0.15) is 5.69 Å². The van der Waals surface area contributed by atoms with E-state index < -0.39 is 0 Å². The van der Waals surface area contributed by atoms with Gasteiger partial charge in [0.15, 0.2) is 0 Å². The number of aromatic nitrogens is 1. The Morgan fingerprint density at radius 3 is 2.91 bits per heavy atom. The van der Waals surface area contributed by atoms with Crippen LogP contribution in [0.15, 0.2) is 18.3 Å². The van der Waals surface area contributed by atoms with Crippen LogP contribution in [-0.2, 0) is 0 Å². The van der Waals surface area contributed by atoms with Crippen LogP contribution >= 0.6 is 0 Å². The van der Waals surface area contributed by atoms with E-state index in [0.717, 1.165) is 44.7 Å². The molecule has 1 atom stereocenters. The Morgan fingerprint density at radius 1 is 1.45 bits per heavy atom. The van der Waals surface area contributed by atoms with Gasteiger partial charge in [0.05, 0.1) is 11.9 Å². The van der Waals surface area contributed by atoms with Gasteiger partial charge in [-0.25, -0.2) is 4.98 Å². The molecule has 0 spiro atoms. The van der Waals surface area contributed by atoms with E-state index in [1.54, 1.807) is 6.20 Å². The number of nitrogens with one attached hydrogen (secondary N) is 1. The van der Waals surface area contributed by atoms with Crippen molar-refractivity contribution in [3.05, 3.63) is 24.0 Å². The first-order chi connectivity index (χ1) is 10.6. The summed E-state index contributed by atoms with van der Waals surface area (Å²) >= 11 is 0. The van der Waals surface area contributed by atoms with Crippen molar-refractivity contribution in [3.8, 4) is 0 Å². The largest absolute Gasteiger partial charge is 0.384 e. The van der Waals surface area contributed by atoms with Crippen LogP contribution in [0.1, 0.15) is 36.7 Å². The maximum absolute atomic E-state index is 12.4. The van der Waals surface area contributed by atoms with Gasteiger partial charge in [0.25, 0.3) is 5.91 Å². The summed E-state index contributed by atoms with van der Waals surface area (Å²) in [4.78, 5) is 20.9. The molecule has 1 saturated heterocycles. The SMILES string of the molecule is CC1CCCN(C(=O)c2ccc(NCCCN(C)C)cn2)C1.